The van der Waals surface area contributed by atoms with Crippen LogP contribution in [0.5, 0.6) is 0 Å². The molecule has 5 rings (SSSR count). The molecule has 0 bridgehead atoms. The second kappa shape index (κ2) is 7.46. The van der Waals surface area contributed by atoms with Gasteiger partial charge in [0.1, 0.15) is 0 Å². The molecule has 2 heterocycles. The topological polar surface area (TPSA) is 55.2 Å². The Kier molecular flexibility index (Phi) is 4.64. The minimum atomic E-state index is -0.212. The van der Waals surface area contributed by atoms with Gasteiger partial charge in [-0.2, -0.15) is 5.10 Å². The Morgan fingerprint density at radius 1 is 0.933 bits per heavy atom. The largest absolute Gasteiger partial charge is 0.297 e. The molecule has 0 spiro atoms. The molecule has 0 aliphatic carbocycles. The monoisotopic (exact) mass is 413 g/mol. The highest BCUT2D eigenvalue weighted by molar-refractivity contribution is 7.99. The minimum absolute atomic E-state index is 0.128. The highest BCUT2D eigenvalue weighted by atomic mass is 32.2. The van der Waals surface area contributed by atoms with Crippen molar-refractivity contribution in [2.45, 2.75) is 10.9 Å². The first kappa shape index (κ1) is 18.6. The van der Waals surface area contributed by atoms with Gasteiger partial charge in [0, 0.05) is 23.1 Å². The number of benzene rings is 3. The molecule has 1 amide bonds. The van der Waals surface area contributed by atoms with Crippen molar-refractivity contribution in [3.05, 3.63) is 100 Å². The number of anilines is 1. The molecule has 6 heteroatoms. The number of nitrogens with zero attached hydrogens (tertiary/aromatic N) is 3. The molecule has 5 nitrogen and oxygen atoms in total. The van der Waals surface area contributed by atoms with Gasteiger partial charge in [-0.05, 0) is 23.8 Å². The maximum Gasteiger partial charge on any atom is 0.280 e. The Morgan fingerprint density at radius 2 is 1.60 bits per heavy atom. The van der Waals surface area contributed by atoms with E-state index >= 15 is 0 Å². The molecule has 1 aliphatic heterocycles. The summed E-state index contributed by atoms with van der Waals surface area (Å²) in [5, 5.41) is 5.45. The van der Waals surface area contributed by atoms with E-state index in [0.29, 0.717) is 10.8 Å². The number of carbonyl (C=O) groups excluding carboxylic acids is 1. The molecule has 0 saturated heterocycles. The van der Waals surface area contributed by atoms with Crippen LogP contribution in [-0.2, 0) is 7.05 Å². The average Bonchev–Trinajstić information content (AvgIpc) is 2.81. The summed E-state index contributed by atoms with van der Waals surface area (Å²) in [6.07, 6.45) is 0. The van der Waals surface area contributed by atoms with Gasteiger partial charge in [0.15, 0.2) is 5.69 Å². The van der Waals surface area contributed by atoms with E-state index in [1.54, 1.807) is 37.0 Å². The van der Waals surface area contributed by atoms with E-state index in [2.05, 4.69) is 5.10 Å². The van der Waals surface area contributed by atoms with E-state index < -0.39 is 0 Å². The second-order valence-corrected chi connectivity index (χ2v) is 8.27. The van der Waals surface area contributed by atoms with Gasteiger partial charge in [0.2, 0.25) is 0 Å². The molecule has 1 aliphatic rings. The quantitative estimate of drug-likeness (QED) is 0.488. The van der Waals surface area contributed by atoms with Crippen LogP contribution in [-0.4, -0.2) is 21.4 Å². The first-order valence-corrected chi connectivity index (χ1v) is 10.7. The first-order valence-electron chi connectivity index (χ1n) is 9.71. The summed E-state index contributed by atoms with van der Waals surface area (Å²) in [6.45, 7) is 0. The van der Waals surface area contributed by atoms with Crippen LogP contribution in [0.25, 0.3) is 10.8 Å². The van der Waals surface area contributed by atoms with E-state index in [-0.39, 0.29) is 23.2 Å². The van der Waals surface area contributed by atoms with Crippen LogP contribution in [0.2, 0.25) is 0 Å². The lowest BCUT2D eigenvalue weighted by molar-refractivity contribution is 0.0972. The summed E-state index contributed by atoms with van der Waals surface area (Å²) >= 11 is 1.75. The van der Waals surface area contributed by atoms with Crippen LogP contribution in [0.3, 0.4) is 0 Å². The summed E-state index contributed by atoms with van der Waals surface area (Å²) in [7, 11) is 1.58. The van der Waals surface area contributed by atoms with Gasteiger partial charge in [0.25, 0.3) is 11.5 Å². The number of hydrogen-bond acceptors (Lipinski definition) is 4. The summed E-state index contributed by atoms with van der Waals surface area (Å²) in [6, 6.07) is 25.0. The van der Waals surface area contributed by atoms with Crippen molar-refractivity contribution in [1.29, 1.82) is 0 Å². The fourth-order valence-corrected chi connectivity index (χ4v) is 5.10. The molecule has 30 heavy (non-hydrogen) atoms. The van der Waals surface area contributed by atoms with Crippen molar-refractivity contribution in [1.82, 2.24) is 9.78 Å². The van der Waals surface area contributed by atoms with Gasteiger partial charge in [-0.15, -0.1) is 11.8 Å². The summed E-state index contributed by atoms with van der Waals surface area (Å²) in [5.41, 5.74) is 2.01. The Bertz CT molecular complexity index is 1320. The molecule has 3 aromatic carbocycles. The van der Waals surface area contributed by atoms with Gasteiger partial charge >= 0.3 is 0 Å². The molecular weight excluding hydrogens is 394 g/mol. The molecule has 0 unspecified atom stereocenters. The van der Waals surface area contributed by atoms with Crippen LogP contribution in [0.15, 0.2) is 88.6 Å². The van der Waals surface area contributed by atoms with Gasteiger partial charge in [-0.1, -0.05) is 60.7 Å². The number of carbonyl (C=O) groups is 1. The third-order valence-electron chi connectivity index (χ3n) is 5.40. The van der Waals surface area contributed by atoms with E-state index in [1.807, 2.05) is 65.6 Å². The summed E-state index contributed by atoms with van der Waals surface area (Å²) in [5.74, 6) is 0.541. The molecule has 4 aromatic rings. The Labute approximate surface area is 178 Å². The number of rotatable bonds is 2. The Hall–Kier alpha value is -3.38. The summed E-state index contributed by atoms with van der Waals surface area (Å²) in [4.78, 5) is 29.4. The fraction of sp³-hybridized carbons (Fsp3) is 0.125. The number of aromatic nitrogens is 2. The van der Waals surface area contributed by atoms with Crippen LogP contribution in [0.1, 0.15) is 22.1 Å². The van der Waals surface area contributed by atoms with Crippen LogP contribution < -0.4 is 10.5 Å². The zero-order valence-electron chi connectivity index (χ0n) is 16.4. The third kappa shape index (κ3) is 3.00. The predicted octanol–water partition coefficient (Wildman–Crippen LogP) is 4.43. The molecule has 1 atom stereocenters. The predicted molar refractivity (Wildman–Crippen MR) is 120 cm³/mol. The van der Waals surface area contributed by atoms with E-state index in [1.165, 1.54) is 4.68 Å². The number of para-hydroxylation sites is 1. The number of thioether (sulfide) groups is 1. The van der Waals surface area contributed by atoms with Crippen molar-refractivity contribution in [2.75, 3.05) is 10.7 Å². The zero-order chi connectivity index (χ0) is 20.7. The van der Waals surface area contributed by atoms with Crippen molar-refractivity contribution < 1.29 is 4.79 Å². The van der Waals surface area contributed by atoms with Crippen molar-refractivity contribution in [3.8, 4) is 0 Å². The van der Waals surface area contributed by atoms with Crippen LogP contribution in [0.4, 0.5) is 5.69 Å². The highest BCUT2D eigenvalue weighted by Crippen LogP contribution is 2.43. The molecule has 0 fully saturated rings. The van der Waals surface area contributed by atoms with Crippen molar-refractivity contribution >= 4 is 34.1 Å². The molecule has 0 radical (unpaired) electrons. The lowest BCUT2D eigenvalue weighted by Gasteiger charge is -2.37. The SMILES string of the molecule is Cn1nc(C(=O)N2c3ccccc3SC[C@H]2c2ccccc2)c2ccccc2c1=O. The number of fused-ring (bicyclic) bond motifs is 2. The van der Waals surface area contributed by atoms with E-state index in [4.69, 9.17) is 0 Å². The smallest absolute Gasteiger partial charge is 0.280 e. The molecule has 148 valence electrons. The molecule has 1 aromatic heterocycles. The van der Waals surface area contributed by atoms with E-state index in [0.717, 1.165) is 21.9 Å². The summed E-state index contributed by atoms with van der Waals surface area (Å²) < 4.78 is 1.25. The highest BCUT2D eigenvalue weighted by Gasteiger charge is 2.34. The first-order chi connectivity index (χ1) is 14.6. The van der Waals surface area contributed by atoms with Gasteiger partial charge in [-0.25, -0.2) is 4.68 Å². The van der Waals surface area contributed by atoms with Gasteiger partial charge in [0.05, 0.1) is 17.1 Å². The van der Waals surface area contributed by atoms with Crippen molar-refractivity contribution in [2.24, 2.45) is 7.05 Å². The lowest BCUT2D eigenvalue weighted by atomic mass is 10.0. The Morgan fingerprint density at radius 3 is 2.40 bits per heavy atom. The van der Waals surface area contributed by atoms with Crippen LogP contribution in [0, 0.1) is 0 Å². The second-order valence-electron chi connectivity index (χ2n) is 7.20. The zero-order valence-corrected chi connectivity index (χ0v) is 17.2. The van der Waals surface area contributed by atoms with Crippen LogP contribution >= 0.6 is 11.8 Å². The molecule has 0 saturated carbocycles. The average molecular weight is 414 g/mol. The maximum atomic E-state index is 14.0. The number of aryl methyl sites for hydroxylation is 1. The number of hydrogen-bond donors (Lipinski definition) is 0. The maximum absolute atomic E-state index is 14.0. The van der Waals surface area contributed by atoms with E-state index in [9.17, 15) is 9.59 Å². The lowest BCUT2D eigenvalue weighted by Crippen LogP contribution is -2.40. The third-order valence-corrected chi connectivity index (χ3v) is 6.53. The van der Waals surface area contributed by atoms with Gasteiger partial charge < -0.3 is 0 Å². The fourth-order valence-electron chi connectivity index (χ4n) is 3.93. The Balaban J connectivity index is 1.72. The molecule has 0 N–H and O–H groups in total. The standard InChI is InChI=1S/C24H19N3O2S/c1-26-23(28)18-12-6-5-11-17(18)22(25-26)24(29)27-19-13-7-8-14-21(19)30-15-20(27)16-9-3-2-4-10-16/h2-14,20H,15H2,1H3/t20-/m0/s1. The normalized spacial score (nSPS) is 15.8. The molecular formula is C24H19N3O2S. The van der Waals surface area contributed by atoms with Crippen molar-refractivity contribution in [3.63, 3.8) is 0 Å². The van der Waals surface area contributed by atoms with Gasteiger partial charge in [-0.3, -0.25) is 14.5 Å². The minimum Gasteiger partial charge on any atom is -0.297 e. The number of amides is 1.